The van der Waals surface area contributed by atoms with Crippen molar-refractivity contribution in [2.75, 3.05) is 18.4 Å². The first kappa shape index (κ1) is 17.3. The van der Waals surface area contributed by atoms with Gasteiger partial charge in [-0.3, -0.25) is 9.69 Å². The lowest BCUT2D eigenvalue weighted by Crippen LogP contribution is -2.37. The van der Waals surface area contributed by atoms with E-state index in [2.05, 4.69) is 47.5 Å². The molecule has 1 aliphatic heterocycles. The fourth-order valence-electron chi connectivity index (χ4n) is 4.02. The van der Waals surface area contributed by atoms with E-state index >= 15 is 0 Å². The molecule has 0 spiro atoms. The smallest absolute Gasteiger partial charge is 0.239 e. The van der Waals surface area contributed by atoms with Crippen molar-refractivity contribution in [3.63, 3.8) is 0 Å². The highest BCUT2D eigenvalue weighted by Crippen LogP contribution is 2.39. The van der Waals surface area contributed by atoms with E-state index in [4.69, 9.17) is 0 Å². The molecule has 4 rings (SSSR count). The Kier molecular flexibility index (Phi) is 4.80. The van der Waals surface area contributed by atoms with Crippen molar-refractivity contribution in [1.29, 1.82) is 5.26 Å². The molecular weight excluding hydrogens is 342 g/mol. The van der Waals surface area contributed by atoms with Crippen LogP contribution in [0.15, 0.2) is 24.3 Å². The van der Waals surface area contributed by atoms with Gasteiger partial charge in [0.1, 0.15) is 11.1 Å². The second-order valence-corrected chi connectivity index (χ2v) is 8.55. The Bertz CT molecular complexity index is 880. The monoisotopic (exact) mass is 365 g/mol. The van der Waals surface area contributed by atoms with Crippen LogP contribution in [0.2, 0.25) is 0 Å². The maximum absolute atomic E-state index is 12.6. The Hall–Kier alpha value is -2.16. The number of amides is 1. The van der Waals surface area contributed by atoms with Crippen molar-refractivity contribution in [2.45, 2.75) is 39.2 Å². The standard InChI is InChI=1S/C21H23N3OS/c1-14-6-7-17-18(11-22)21(26-19(17)10-14)23-20(25)13-24-9-8-15-4-2-3-5-16(15)12-24/h2-5,14H,6-10,12-13H2,1H3,(H,23,25)/t14-/m0/s1. The molecule has 2 aliphatic rings. The summed E-state index contributed by atoms with van der Waals surface area (Å²) in [6.07, 6.45) is 4.08. The lowest BCUT2D eigenvalue weighted by atomic mass is 9.89. The van der Waals surface area contributed by atoms with E-state index in [1.165, 1.54) is 16.0 Å². The van der Waals surface area contributed by atoms with E-state index in [0.717, 1.165) is 49.3 Å². The normalized spacial score (nSPS) is 19.3. The average molecular weight is 366 g/mol. The van der Waals surface area contributed by atoms with Crippen molar-refractivity contribution in [2.24, 2.45) is 5.92 Å². The number of benzene rings is 1. The first-order chi connectivity index (χ1) is 12.6. The number of nitriles is 1. The van der Waals surface area contributed by atoms with Crippen molar-refractivity contribution in [3.05, 3.63) is 51.4 Å². The second kappa shape index (κ2) is 7.22. The zero-order valence-corrected chi connectivity index (χ0v) is 15.9. The number of carbonyl (C=O) groups excluding carboxylic acids is 1. The van der Waals surface area contributed by atoms with E-state index in [1.807, 2.05) is 0 Å². The van der Waals surface area contributed by atoms with Crippen molar-refractivity contribution in [3.8, 4) is 6.07 Å². The van der Waals surface area contributed by atoms with Gasteiger partial charge in [-0.1, -0.05) is 31.2 Å². The van der Waals surface area contributed by atoms with Crippen molar-refractivity contribution < 1.29 is 4.79 Å². The van der Waals surface area contributed by atoms with Gasteiger partial charge < -0.3 is 5.32 Å². The number of hydrogen-bond donors (Lipinski definition) is 1. The molecule has 1 atom stereocenters. The summed E-state index contributed by atoms with van der Waals surface area (Å²) in [4.78, 5) is 16.0. The maximum atomic E-state index is 12.6. The molecular formula is C21H23N3OS. The van der Waals surface area contributed by atoms with Gasteiger partial charge in [0.2, 0.25) is 5.91 Å². The number of nitrogens with one attached hydrogen (secondary N) is 1. The van der Waals surface area contributed by atoms with Crippen LogP contribution >= 0.6 is 11.3 Å². The van der Waals surface area contributed by atoms with Gasteiger partial charge >= 0.3 is 0 Å². The van der Waals surface area contributed by atoms with Crippen LogP contribution < -0.4 is 5.32 Å². The molecule has 0 unspecified atom stereocenters. The molecule has 0 radical (unpaired) electrons. The van der Waals surface area contributed by atoms with Crippen LogP contribution in [0.4, 0.5) is 5.00 Å². The first-order valence-corrected chi connectivity index (χ1v) is 10.1. The van der Waals surface area contributed by atoms with Crippen LogP contribution in [-0.4, -0.2) is 23.9 Å². The molecule has 1 aromatic carbocycles. The zero-order chi connectivity index (χ0) is 18.1. The Morgan fingerprint density at radius 2 is 2.15 bits per heavy atom. The molecule has 0 fully saturated rings. The molecule has 0 bridgehead atoms. The minimum atomic E-state index is -0.0208. The Balaban J connectivity index is 1.44. The second-order valence-electron chi connectivity index (χ2n) is 7.45. The van der Waals surface area contributed by atoms with E-state index < -0.39 is 0 Å². The van der Waals surface area contributed by atoms with Crippen LogP contribution in [-0.2, 0) is 30.6 Å². The summed E-state index contributed by atoms with van der Waals surface area (Å²) in [6.45, 7) is 4.33. The molecule has 2 aromatic rings. The summed E-state index contributed by atoms with van der Waals surface area (Å²) in [5.74, 6) is 0.636. The van der Waals surface area contributed by atoms with Gasteiger partial charge in [-0.25, -0.2) is 0 Å². The molecule has 26 heavy (non-hydrogen) atoms. The number of anilines is 1. The van der Waals surface area contributed by atoms with Crippen molar-refractivity contribution in [1.82, 2.24) is 4.90 Å². The molecule has 1 N–H and O–H groups in total. The molecule has 0 saturated carbocycles. The van der Waals surface area contributed by atoms with Crippen molar-refractivity contribution >= 4 is 22.2 Å². The van der Waals surface area contributed by atoms with E-state index in [1.54, 1.807) is 11.3 Å². The van der Waals surface area contributed by atoms with Gasteiger partial charge in [-0.2, -0.15) is 5.26 Å². The zero-order valence-electron chi connectivity index (χ0n) is 15.0. The van der Waals surface area contributed by atoms with Gasteiger partial charge in [0, 0.05) is 18.0 Å². The maximum Gasteiger partial charge on any atom is 0.239 e. The topological polar surface area (TPSA) is 56.1 Å². The summed E-state index contributed by atoms with van der Waals surface area (Å²) in [5, 5.41) is 13.3. The molecule has 5 heteroatoms. The Morgan fingerprint density at radius 1 is 1.35 bits per heavy atom. The summed E-state index contributed by atoms with van der Waals surface area (Å²) >= 11 is 1.60. The number of thiophene rings is 1. The summed E-state index contributed by atoms with van der Waals surface area (Å²) in [5.41, 5.74) is 4.55. The third-order valence-corrected chi connectivity index (χ3v) is 6.62. The lowest BCUT2D eigenvalue weighted by Gasteiger charge is -2.27. The highest BCUT2D eigenvalue weighted by molar-refractivity contribution is 7.16. The van der Waals surface area contributed by atoms with Gasteiger partial charge in [0.15, 0.2) is 0 Å². The fourth-order valence-corrected chi connectivity index (χ4v) is 5.39. The highest BCUT2D eigenvalue weighted by atomic mass is 32.1. The summed E-state index contributed by atoms with van der Waals surface area (Å²) < 4.78 is 0. The number of nitrogens with zero attached hydrogens (tertiary/aromatic N) is 2. The quantitative estimate of drug-likeness (QED) is 0.901. The molecule has 134 valence electrons. The lowest BCUT2D eigenvalue weighted by molar-refractivity contribution is -0.117. The SMILES string of the molecule is C[C@H]1CCc2c(sc(NC(=O)CN3CCc4ccccc4C3)c2C#N)C1. The minimum absolute atomic E-state index is 0.0208. The molecule has 1 aliphatic carbocycles. The van der Waals surface area contributed by atoms with Crippen LogP contribution in [0, 0.1) is 17.2 Å². The third kappa shape index (κ3) is 3.40. The number of carbonyl (C=O) groups is 1. The van der Waals surface area contributed by atoms with Gasteiger partial charge in [-0.05, 0) is 48.3 Å². The Morgan fingerprint density at radius 3 is 2.96 bits per heavy atom. The average Bonchev–Trinajstić information content (AvgIpc) is 2.97. The predicted molar refractivity (Wildman–Crippen MR) is 104 cm³/mol. The van der Waals surface area contributed by atoms with Crippen LogP contribution in [0.5, 0.6) is 0 Å². The number of fused-ring (bicyclic) bond motifs is 2. The molecule has 4 nitrogen and oxygen atoms in total. The fraction of sp³-hybridized carbons (Fsp3) is 0.429. The van der Waals surface area contributed by atoms with E-state index in [0.29, 0.717) is 18.0 Å². The largest absolute Gasteiger partial charge is 0.315 e. The summed E-state index contributed by atoms with van der Waals surface area (Å²) in [6, 6.07) is 10.8. The van der Waals surface area contributed by atoms with Gasteiger partial charge in [0.05, 0.1) is 12.1 Å². The number of hydrogen-bond acceptors (Lipinski definition) is 4. The molecule has 2 heterocycles. The van der Waals surface area contributed by atoms with E-state index in [-0.39, 0.29) is 5.91 Å². The highest BCUT2D eigenvalue weighted by Gasteiger charge is 2.25. The molecule has 1 amide bonds. The third-order valence-electron chi connectivity index (χ3n) is 5.45. The van der Waals surface area contributed by atoms with Gasteiger partial charge in [0.25, 0.3) is 0 Å². The van der Waals surface area contributed by atoms with Crippen LogP contribution in [0.1, 0.15) is 40.5 Å². The predicted octanol–water partition coefficient (Wildman–Crippen LogP) is 3.74. The first-order valence-electron chi connectivity index (χ1n) is 9.27. The van der Waals surface area contributed by atoms with E-state index in [9.17, 15) is 10.1 Å². The molecule has 1 aromatic heterocycles. The number of rotatable bonds is 3. The summed E-state index contributed by atoms with van der Waals surface area (Å²) in [7, 11) is 0. The van der Waals surface area contributed by atoms with Gasteiger partial charge in [-0.15, -0.1) is 11.3 Å². The molecule has 0 saturated heterocycles. The minimum Gasteiger partial charge on any atom is -0.315 e. The Labute approximate surface area is 158 Å². The van der Waals surface area contributed by atoms with Crippen LogP contribution in [0.3, 0.4) is 0 Å². The van der Waals surface area contributed by atoms with Crippen LogP contribution in [0.25, 0.3) is 0 Å².